The summed E-state index contributed by atoms with van der Waals surface area (Å²) in [7, 11) is -4.90. The topological polar surface area (TPSA) is 164 Å². The largest absolute Gasteiger partial charge is 0.397 e. The van der Waals surface area contributed by atoms with E-state index in [4.69, 9.17) is 17.3 Å². The first-order valence-electron chi connectivity index (χ1n) is 10.6. The number of carbonyl (C=O) groups excluding carboxylic acids is 2. The fourth-order valence-corrected chi connectivity index (χ4v) is 4.83. The van der Waals surface area contributed by atoms with Crippen LogP contribution in [-0.4, -0.2) is 34.5 Å². The quantitative estimate of drug-likeness (QED) is 0.105. The molecule has 0 unspecified atom stereocenters. The molecule has 0 atom stereocenters. The average molecular weight is 558 g/mol. The molecule has 192 valence electrons. The van der Waals surface area contributed by atoms with Gasteiger partial charge in [0.1, 0.15) is 9.92 Å². The summed E-state index contributed by atoms with van der Waals surface area (Å²) in [5, 5.41) is 4.94. The Labute approximate surface area is 218 Å². The number of anilines is 5. The number of nitrogens with one attached hydrogen (secondary N) is 2. The number of fused-ring (bicyclic) bond motifs is 2. The summed E-state index contributed by atoms with van der Waals surface area (Å²) in [5.74, 6) is -2.92. The van der Waals surface area contributed by atoms with Crippen LogP contribution in [0.5, 0.6) is 0 Å². The highest BCUT2D eigenvalue weighted by Crippen LogP contribution is 2.40. The van der Waals surface area contributed by atoms with Gasteiger partial charge in [-0.25, -0.2) is 0 Å². The van der Waals surface area contributed by atoms with E-state index in [0.717, 1.165) is 6.07 Å². The number of hydrogen-bond donors (Lipinski definition) is 4. The fourth-order valence-electron chi connectivity index (χ4n) is 4.05. The molecule has 0 spiro atoms. The molecule has 0 radical (unpaired) electrons. The molecule has 3 aromatic carbocycles. The van der Waals surface area contributed by atoms with E-state index in [1.54, 1.807) is 6.07 Å². The Balaban J connectivity index is 1.62. The van der Waals surface area contributed by atoms with Crippen molar-refractivity contribution in [3.8, 4) is 0 Å². The van der Waals surface area contributed by atoms with Crippen LogP contribution in [0.3, 0.4) is 0 Å². The van der Waals surface area contributed by atoms with Gasteiger partial charge < -0.3 is 16.4 Å². The zero-order chi connectivity index (χ0) is 27.4. The standard InChI is InChI=1S/C24H14ClF2N5O5S/c25-18-22(26)31-24(27)32-23(18)30-11-5-3-4-10(8-11)29-14-9-15(38(35,36)37)19(28)17-16(14)20(33)12-6-1-2-7-13(12)21(17)34/h1-9,29H,28H2,(H,30,31,32)(H,35,36,37). The van der Waals surface area contributed by atoms with Crippen LogP contribution in [0.25, 0.3) is 0 Å². The zero-order valence-corrected chi connectivity index (χ0v) is 20.4. The minimum Gasteiger partial charge on any atom is -0.397 e. The second-order valence-corrected chi connectivity index (χ2v) is 9.81. The summed E-state index contributed by atoms with van der Waals surface area (Å²) in [4.78, 5) is 32.2. The lowest BCUT2D eigenvalue weighted by Crippen LogP contribution is -2.25. The van der Waals surface area contributed by atoms with Gasteiger partial charge in [0, 0.05) is 22.5 Å². The molecule has 14 heteroatoms. The molecule has 1 aromatic heterocycles. The van der Waals surface area contributed by atoms with Crippen molar-refractivity contribution >= 4 is 61.9 Å². The van der Waals surface area contributed by atoms with E-state index < -0.39 is 49.3 Å². The van der Waals surface area contributed by atoms with Crippen LogP contribution < -0.4 is 16.4 Å². The number of ketones is 2. The Kier molecular flexibility index (Phi) is 6.06. The predicted octanol–water partition coefficient (Wildman–Crippen LogP) is 4.50. The van der Waals surface area contributed by atoms with Gasteiger partial charge in [-0.3, -0.25) is 14.1 Å². The Hall–Kier alpha value is -4.46. The lowest BCUT2D eigenvalue weighted by Gasteiger charge is -2.23. The lowest BCUT2D eigenvalue weighted by molar-refractivity contribution is 0.0980. The molecular formula is C24H14ClF2N5O5S. The van der Waals surface area contributed by atoms with Crippen LogP contribution in [0.2, 0.25) is 5.02 Å². The van der Waals surface area contributed by atoms with E-state index >= 15 is 0 Å². The van der Waals surface area contributed by atoms with Crippen molar-refractivity contribution in [2.45, 2.75) is 4.90 Å². The number of carbonyl (C=O) groups is 2. The summed E-state index contributed by atoms with van der Waals surface area (Å²) in [6.45, 7) is 0. The first kappa shape index (κ1) is 25.2. The Morgan fingerprint density at radius 2 is 1.47 bits per heavy atom. The summed E-state index contributed by atoms with van der Waals surface area (Å²) in [6.07, 6.45) is -1.35. The number of nitrogens with two attached hydrogens (primary N) is 1. The van der Waals surface area contributed by atoms with E-state index in [2.05, 4.69) is 20.6 Å². The van der Waals surface area contributed by atoms with Gasteiger partial charge >= 0.3 is 6.08 Å². The summed E-state index contributed by atoms with van der Waals surface area (Å²) < 4.78 is 61.1. The number of benzene rings is 3. The molecule has 5 N–H and O–H groups in total. The highest BCUT2D eigenvalue weighted by Gasteiger charge is 2.36. The third kappa shape index (κ3) is 4.32. The molecule has 0 saturated heterocycles. The highest BCUT2D eigenvalue weighted by molar-refractivity contribution is 7.86. The maximum absolute atomic E-state index is 13.7. The van der Waals surface area contributed by atoms with E-state index in [-0.39, 0.29) is 45.1 Å². The first-order valence-corrected chi connectivity index (χ1v) is 12.4. The molecule has 1 aliphatic carbocycles. The van der Waals surface area contributed by atoms with E-state index in [1.165, 1.54) is 42.5 Å². The Morgan fingerprint density at radius 3 is 2.11 bits per heavy atom. The number of nitrogen functional groups attached to an aromatic ring is 1. The third-order valence-corrected chi connectivity index (χ3v) is 6.89. The Bertz CT molecular complexity index is 1800. The second-order valence-electron chi connectivity index (χ2n) is 8.04. The van der Waals surface area contributed by atoms with Crippen LogP contribution in [0.4, 0.5) is 37.3 Å². The molecule has 0 fully saturated rings. The maximum Gasteiger partial charge on any atom is 0.313 e. The maximum atomic E-state index is 13.7. The lowest BCUT2D eigenvalue weighted by atomic mass is 9.82. The van der Waals surface area contributed by atoms with Crippen molar-refractivity contribution in [1.82, 2.24) is 9.97 Å². The van der Waals surface area contributed by atoms with Crippen molar-refractivity contribution in [3.63, 3.8) is 0 Å². The van der Waals surface area contributed by atoms with Crippen LogP contribution in [0.1, 0.15) is 31.8 Å². The predicted molar refractivity (Wildman–Crippen MR) is 134 cm³/mol. The molecule has 0 bridgehead atoms. The minimum absolute atomic E-state index is 0.0301. The summed E-state index contributed by atoms with van der Waals surface area (Å²) in [5.41, 5.74) is 5.30. The van der Waals surface area contributed by atoms with Crippen LogP contribution in [0, 0.1) is 12.0 Å². The number of rotatable bonds is 5. The smallest absolute Gasteiger partial charge is 0.313 e. The van der Waals surface area contributed by atoms with Crippen LogP contribution in [0.15, 0.2) is 59.5 Å². The zero-order valence-electron chi connectivity index (χ0n) is 18.8. The first-order chi connectivity index (χ1) is 18.0. The average Bonchev–Trinajstić information content (AvgIpc) is 2.86. The fraction of sp³-hybridized carbons (Fsp3) is 0. The minimum atomic E-state index is -4.90. The van der Waals surface area contributed by atoms with Crippen molar-refractivity contribution in [2.24, 2.45) is 0 Å². The van der Waals surface area contributed by atoms with Gasteiger partial charge in [-0.2, -0.15) is 27.2 Å². The monoisotopic (exact) mass is 557 g/mol. The number of halogens is 3. The van der Waals surface area contributed by atoms with E-state index in [9.17, 15) is 31.3 Å². The second kappa shape index (κ2) is 9.13. The van der Waals surface area contributed by atoms with Gasteiger partial charge in [-0.05, 0) is 24.3 Å². The molecule has 1 heterocycles. The molecule has 38 heavy (non-hydrogen) atoms. The van der Waals surface area contributed by atoms with Crippen molar-refractivity contribution < 1.29 is 31.3 Å². The van der Waals surface area contributed by atoms with Gasteiger partial charge in [0.2, 0.25) is 5.95 Å². The van der Waals surface area contributed by atoms with Crippen molar-refractivity contribution in [3.05, 3.63) is 93.9 Å². The van der Waals surface area contributed by atoms with E-state index in [0.29, 0.717) is 0 Å². The molecule has 10 nitrogen and oxygen atoms in total. The third-order valence-electron chi connectivity index (χ3n) is 5.67. The molecule has 0 aliphatic heterocycles. The van der Waals surface area contributed by atoms with Gasteiger partial charge in [-0.1, -0.05) is 41.9 Å². The summed E-state index contributed by atoms with van der Waals surface area (Å²) >= 11 is 5.80. The van der Waals surface area contributed by atoms with Crippen LogP contribution in [-0.2, 0) is 10.1 Å². The van der Waals surface area contributed by atoms with Gasteiger partial charge in [-0.15, -0.1) is 0 Å². The SMILES string of the molecule is Nc1c(S(=O)(=O)O)cc(Nc2cccc(Nc3nc(F)nc(F)c3Cl)c2)c2c1C(=O)c1ccccc1C2=O. The number of hydrogen-bond acceptors (Lipinski definition) is 9. The van der Waals surface area contributed by atoms with Gasteiger partial charge in [0.05, 0.1) is 22.5 Å². The highest BCUT2D eigenvalue weighted by atomic mass is 35.5. The number of nitrogens with zero attached hydrogens (tertiary/aromatic N) is 2. The molecule has 4 aromatic rings. The van der Waals surface area contributed by atoms with Gasteiger partial charge in [0.15, 0.2) is 17.4 Å². The molecule has 0 saturated carbocycles. The van der Waals surface area contributed by atoms with Crippen LogP contribution >= 0.6 is 11.6 Å². The number of aromatic nitrogens is 2. The molecule has 1 aliphatic rings. The van der Waals surface area contributed by atoms with E-state index in [1.807, 2.05) is 0 Å². The van der Waals surface area contributed by atoms with Gasteiger partial charge in [0.25, 0.3) is 10.1 Å². The normalized spacial score (nSPS) is 12.6. The Morgan fingerprint density at radius 1 is 0.868 bits per heavy atom. The van der Waals surface area contributed by atoms with Crippen molar-refractivity contribution in [2.75, 3.05) is 16.4 Å². The molecular weight excluding hydrogens is 544 g/mol. The van der Waals surface area contributed by atoms with Crippen molar-refractivity contribution in [1.29, 1.82) is 0 Å². The summed E-state index contributed by atoms with van der Waals surface area (Å²) in [6, 6.07) is 12.9. The molecule has 5 rings (SSSR count). The molecule has 0 amide bonds.